The van der Waals surface area contributed by atoms with E-state index in [1.807, 2.05) is 48.3 Å². The molecule has 2 aromatic rings. The predicted octanol–water partition coefficient (Wildman–Crippen LogP) is 2.29. The molecular formula is C14H17N3OS. The summed E-state index contributed by atoms with van der Waals surface area (Å²) in [5, 5.41) is 4.23. The Morgan fingerprint density at radius 1 is 1.47 bits per heavy atom. The number of aryl methyl sites for hydroxylation is 2. The summed E-state index contributed by atoms with van der Waals surface area (Å²) in [6.07, 6.45) is 4.78. The van der Waals surface area contributed by atoms with E-state index >= 15 is 0 Å². The highest BCUT2D eigenvalue weighted by Gasteiger charge is 1.99. The van der Waals surface area contributed by atoms with Gasteiger partial charge < -0.3 is 10.5 Å². The number of ether oxygens (including phenoxy) is 1. The highest BCUT2D eigenvalue weighted by molar-refractivity contribution is 7.80. The summed E-state index contributed by atoms with van der Waals surface area (Å²) < 4.78 is 7.59. The molecule has 0 radical (unpaired) electrons. The molecule has 1 aromatic heterocycles. The normalized spacial score (nSPS) is 10.4. The molecule has 0 bridgehead atoms. The lowest BCUT2D eigenvalue weighted by Gasteiger charge is -2.07. The second kappa shape index (κ2) is 6.33. The first-order chi connectivity index (χ1) is 9.15. The molecule has 0 fully saturated rings. The number of benzene rings is 1. The van der Waals surface area contributed by atoms with Crippen LogP contribution >= 0.6 is 12.2 Å². The van der Waals surface area contributed by atoms with E-state index in [2.05, 4.69) is 5.10 Å². The molecule has 0 saturated heterocycles. The van der Waals surface area contributed by atoms with Gasteiger partial charge in [-0.15, -0.1) is 0 Å². The fraction of sp³-hybridized carbons (Fsp3) is 0.286. The molecule has 0 aliphatic rings. The van der Waals surface area contributed by atoms with Gasteiger partial charge in [0.1, 0.15) is 10.7 Å². The fourth-order valence-electron chi connectivity index (χ4n) is 1.74. The van der Waals surface area contributed by atoms with Crippen LogP contribution in [0.4, 0.5) is 0 Å². The first-order valence-corrected chi connectivity index (χ1v) is 6.58. The Labute approximate surface area is 118 Å². The number of rotatable bonds is 6. The van der Waals surface area contributed by atoms with Gasteiger partial charge >= 0.3 is 0 Å². The van der Waals surface area contributed by atoms with Crippen LogP contribution in [0, 0.1) is 6.92 Å². The molecule has 0 amide bonds. The van der Waals surface area contributed by atoms with Crippen LogP contribution in [0.5, 0.6) is 5.75 Å². The molecule has 0 unspecified atom stereocenters. The molecule has 1 heterocycles. The van der Waals surface area contributed by atoms with E-state index in [1.165, 1.54) is 5.56 Å². The van der Waals surface area contributed by atoms with Crippen LogP contribution < -0.4 is 10.5 Å². The molecule has 2 rings (SSSR count). The zero-order valence-electron chi connectivity index (χ0n) is 10.9. The van der Waals surface area contributed by atoms with Crippen molar-refractivity contribution in [3.63, 3.8) is 0 Å². The van der Waals surface area contributed by atoms with E-state index in [9.17, 15) is 0 Å². The van der Waals surface area contributed by atoms with E-state index in [0.29, 0.717) is 11.6 Å². The van der Waals surface area contributed by atoms with Crippen LogP contribution in [0.1, 0.15) is 17.5 Å². The van der Waals surface area contributed by atoms with Gasteiger partial charge in [-0.2, -0.15) is 5.10 Å². The second-order valence-corrected chi connectivity index (χ2v) is 4.81. The highest BCUT2D eigenvalue weighted by Crippen LogP contribution is 2.13. The number of nitrogens with zero attached hydrogens (tertiary/aromatic N) is 2. The minimum Gasteiger partial charge on any atom is -0.494 e. The third-order valence-corrected chi connectivity index (χ3v) is 2.92. The Hall–Kier alpha value is -1.88. The lowest BCUT2D eigenvalue weighted by Crippen LogP contribution is -2.09. The molecule has 0 spiro atoms. The van der Waals surface area contributed by atoms with Crippen molar-refractivity contribution in [2.45, 2.75) is 19.9 Å². The van der Waals surface area contributed by atoms with Crippen LogP contribution in [0.3, 0.4) is 0 Å². The van der Waals surface area contributed by atoms with Gasteiger partial charge in [0.15, 0.2) is 0 Å². The number of aromatic nitrogens is 2. The van der Waals surface area contributed by atoms with Gasteiger partial charge in [-0.3, -0.25) is 4.68 Å². The summed E-state index contributed by atoms with van der Waals surface area (Å²) in [4.78, 5) is 0.387. The van der Waals surface area contributed by atoms with Gasteiger partial charge in [0.25, 0.3) is 0 Å². The maximum atomic E-state index is 5.67. The number of nitrogens with two attached hydrogens (primary N) is 1. The van der Waals surface area contributed by atoms with Crippen LogP contribution in [-0.2, 0) is 6.54 Å². The smallest absolute Gasteiger partial charge is 0.119 e. The largest absolute Gasteiger partial charge is 0.494 e. The van der Waals surface area contributed by atoms with Crippen LogP contribution in [0.15, 0.2) is 36.7 Å². The van der Waals surface area contributed by atoms with Gasteiger partial charge in [-0.05, 0) is 24.6 Å². The quantitative estimate of drug-likeness (QED) is 0.649. The first kappa shape index (κ1) is 13.5. The molecule has 4 nitrogen and oxygen atoms in total. The minimum atomic E-state index is 0.387. The molecule has 0 atom stereocenters. The number of hydrogen-bond donors (Lipinski definition) is 1. The number of thiocarbonyl (C=S) groups is 1. The van der Waals surface area contributed by atoms with Crippen LogP contribution in [0.2, 0.25) is 0 Å². The van der Waals surface area contributed by atoms with E-state index in [4.69, 9.17) is 22.7 Å². The van der Waals surface area contributed by atoms with Gasteiger partial charge in [-0.1, -0.05) is 24.4 Å². The lowest BCUT2D eigenvalue weighted by atomic mass is 10.2. The van der Waals surface area contributed by atoms with Crippen LogP contribution in [0.25, 0.3) is 0 Å². The number of hydrogen-bond acceptors (Lipinski definition) is 3. The Balaban J connectivity index is 1.79. The zero-order valence-corrected chi connectivity index (χ0v) is 11.7. The average molecular weight is 275 g/mol. The molecule has 19 heavy (non-hydrogen) atoms. The van der Waals surface area contributed by atoms with Crippen molar-refractivity contribution in [2.75, 3.05) is 6.61 Å². The van der Waals surface area contributed by atoms with E-state index in [1.54, 1.807) is 0 Å². The average Bonchev–Trinajstić information content (AvgIpc) is 2.81. The topological polar surface area (TPSA) is 53.1 Å². The first-order valence-electron chi connectivity index (χ1n) is 6.17. The molecule has 0 aliphatic heterocycles. The summed E-state index contributed by atoms with van der Waals surface area (Å²) in [5.41, 5.74) is 7.58. The Kier molecular flexibility index (Phi) is 4.52. The molecule has 1 aromatic carbocycles. The molecule has 100 valence electrons. The van der Waals surface area contributed by atoms with Crippen molar-refractivity contribution in [1.29, 1.82) is 0 Å². The third kappa shape index (κ3) is 4.06. The fourth-order valence-corrected chi connectivity index (χ4v) is 1.87. The third-order valence-electron chi connectivity index (χ3n) is 2.68. The second-order valence-electron chi connectivity index (χ2n) is 4.37. The highest BCUT2D eigenvalue weighted by atomic mass is 32.1. The van der Waals surface area contributed by atoms with Crippen molar-refractivity contribution in [3.05, 3.63) is 47.8 Å². The Bertz CT molecular complexity index is 565. The maximum absolute atomic E-state index is 5.67. The van der Waals surface area contributed by atoms with Gasteiger partial charge in [-0.25, -0.2) is 0 Å². The van der Waals surface area contributed by atoms with Crippen molar-refractivity contribution in [2.24, 2.45) is 5.73 Å². The molecule has 5 heteroatoms. The molecular weight excluding hydrogens is 258 g/mol. The van der Waals surface area contributed by atoms with Crippen molar-refractivity contribution in [3.8, 4) is 5.75 Å². The van der Waals surface area contributed by atoms with E-state index in [0.717, 1.165) is 24.3 Å². The monoisotopic (exact) mass is 275 g/mol. The van der Waals surface area contributed by atoms with Crippen molar-refractivity contribution < 1.29 is 4.74 Å². The van der Waals surface area contributed by atoms with Gasteiger partial charge in [0.05, 0.1) is 12.8 Å². The Morgan fingerprint density at radius 3 is 3.00 bits per heavy atom. The lowest BCUT2D eigenvalue weighted by molar-refractivity contribution is 0.298. The predicted molar refractivity (Wildman–Crippen MR) is 79.4 cm³/mol. The summed E-state index contributed by atoms with van der Waals surface area (Å²) in [6.45, 7) is 3.52. The van der Waals surface area contributed by atoms with Crippen molar-refractivity contribution >= 4 is 17.2 Å². The summed E-state index contributed by atoms with van der Waals surface area (Å²) in [6, 6.07) is 7.53. The zero-order chi connectivity index (χ0) is 13.7. The minimum absolute atomic E-state index is 0.387. The van der Waals surface area contributed by atoms with E-state index in [-0.39, 0.29) is 0 Å². The van der Waals surface area contributed by atoms with Crippen LogP contribution in [-0.4, -0.2) is 21.4 Å². The van der Waals surface area contributed by atoms with Gasteiger partial charge in [0.2, 0.25) is 0 Å². The SMILES string of the molecule is Cc1cnn(CCCOc2cccc(C(N)=S)c2)c1. The Morgan fingerprint density at radius 2 is 2.32 bits per heavy atom. The summed E-state index contributed by atoms with van der Waals surface area (Å²) in [7, 11) is 0. The standard InChI is InChI=1S/C14H17N3OS/c1-11-9-16-17(10-11)6-3-7-18-13-5-2-4-12(8-13)14(15)19/h2,4-5,8-10H,3,6-7H2,1H3,(H2,15,19). The van der Waals surface area contributed by atoms with Crippen molar-refractivity contribution in [1.82, 2.24) is 9.78 Å². The van der Waals surface area contributed by atoms with Gasteiger partial charge in [0, 0.05) is 24.7 Å². The maximum Gasteiger partial charge on any atom is 0.119 e. The summed E-state index contributed by atoms with van der Waals surface area (Å²) in [5.74, 6) is 0.793. The van der Waals surface area contributed by atoms with E-state index < -0.39 is 0 Å². The molecule has 2 N–H and O–H groups in total. The molecule has 0 aliphatic carbocycles. The summed E-state index contributed by atoms with van der Waals surface area (Å²) >= 11 is 4.93. The molecule has 0 saturated carbocycles.